The van der Waals surface area contributed by atoms with E-state index in [1.165, 1.54) is 0 Å². The van der Waals surface area contributed by atoms with Gasteiger partial charge in [-0.1, -0.05) is 23.4 Å². The lowest BCUT2D eigenvalue weighted by molar-refractivity contribution is -0.121. The highest BCUT2D eigenvalue weighted by Crippen LogP contribution is 2.46. The molecule has 9 heteroatoms. The van der Waals surface area contributed by atoms with E-state index in [-0.39, 0.29) is 46.1 Å². The summed E-state index contributed by atoms with van der Waals surface area (Å²) in [6.45, 7) is 0. The normalized spacial score (nSPS) is 18.6. The van der Waals surface area contributed by atoms with E-state index in [0.717, 1.165) is 29.5 Å². The SMILES string of the molecule is N#Cc1c(N)nc(SC2CC(=O)N(c3ccc(Cl)cc3)C2=O)c(C#N)c1C1CC1. The van der Waals surface area contributed by atoms with Crippen molar-refractivity contribution in [2.24, 2.45) is 0 Å². The summed E-state index contributed by atoms with van der Waals surface area (Å²) >= 11 is 6.93. The van der Waals surface area contributed by atoms with Gasteiger partial charge in [0.15, 0.2) is 0 Å². The summed E-state index contributed by atoms with van der Waals surface area (Å²) in [7, 11) is 0. The number of nitrogens with two attached hydrogens (primary N) is 1. The van der Waals surface area contributed by atoms with Crippen LogP contribution in [0.2, 0.25) is 5.02 Å². The van der Waals surface area contributed by atoms with Gasteiger partial charge >= 0.3 is 0 Å². The average molecular weight is 424 g/mol. The van der Waals surface area contributed by atoms with E-state index in [1.54, 1.807) is 24.3 Å². The maximum absolute atomic E-state index is 12.9. The Bertz CT molecular complexity index is 1120. The van der Waals surface area contributed by atoms with Gasteiger partial charge in [0.25, 0.3) is 0 Å². The van der Waals surface area contributed by atoms with Crippen LogP contribution in [0, 0.1) is 22.7 Å². The van der Waals surface area contributed by atoms with Gasteiger partial charge in [0.2, 0.25) is 11.8 Å². The number of benzene rings is 1. The number of nitrogen functional groups attached to an aromatic ring is 1. The molecular weight excluding hydrogens is 410 g/mol. The van der Waals surface area contributed by atoms with Crippen molar-refractivity contribution >= 4 is 46.7 Å². The van der Waals surface area contributed by atoms with Gasteiger partial charge < -0.3 is 5.73 Å². The number of carbonyl (C=O) groups is 2. The Morgan fingerprint density at radius 3 is 2.38 bits per heavy atom. The van der Waals surface area contributed by atoms with E-state index >= 15 is 0 Å². The maximum Gasteiger partial charge on any atom is 0.247 e. The van der Waals surface area contributed by atoms with Crippen LogP contribution in [0.1, 0.15) is 41.9 Å². The molecule has 1 aromatic heterocycles. The number of rotatable bonds is 4. The number of hydrogen-bond acceptors (Lipinski definition) is 7. The number of amides is 2. The number of nitriles is 2. The first-order valence-corrected chi connectivity index (χ1v) is 10.1. The van der Waals surface area contributed by atoms with E-state index in [2.05, 4.69) is 11.1 Å². The number of imide groups is 1. The molecule has 7 nitrogen and oxygen atoms in total. The van der Waals surface area contributed by atoms with Gasteiger partial charge in [0.1, 0.15) is 23.0 Å². The van der Waals surface area contributed by atoms with Crippen molar-refractivity contribution in [2.75, 3.05) is 10.6 Å². The number of pyridine rings is 1. The van der Waals surface area contributed by atoms with Gasteiger partial charge in [-0.2, -0.15) is 10.5 Å². The highest BCUT2D eigenvalue weighted by atomic mass is 35.5. The zero-order valence-electron chi connectivity index (χ0n) is 15.1. The van der Waals surface area contributed by atoms with Crippen LogP contribution in [0.25, 0.3) is 0 Å². The van der Waals surface area contributed by atoms with E-state index in [4.69, 9.17) is 17.3 Å². The first-order chi connectivity index (χ1) is 13.9. The Kier molecular flexibility index (Phi) is 4.91. The summed E-state index contributed by atoms with van der Waals surface area (Å²) in [5.74, 6) is -0.570. The summed E-state index contributed by atoms with van der Waals surface area (Å²) in [5, 5.41) is 19.2. The molecule has 2 fully saturated rings. The van der Waals surface area contributed by atoms with E-state index in [9.17, 15) is 20.1 Å². The smallest absolute Gasteiger partial charge is 0.247 e. The summed E-state index contributed by atoms with van der Waals surface area (Å²) in [6.07, 6.45) is 1.74. The largest absolute Gasteiger partial charge is 0.383 e. The van der Waals surface area contributed by atoms with Crippen molar-refractivity contribution in [1.29, 1.82) is 10.5 Å². The summed E-state index contributed by atoms with van der Waals surface area (Å²) < 4.78 is 0. The number of thioether (sulfide) groups is 1. The first kappa shape index (κ1) is 19.3. The van der Waals surface area contributed by atoms with Gasteiger partial charge in [0.05, 0.1) is 22.1 Å². The predicted molar refractivity (Wildman–Crippen MR) is 108 cm³/mol. The van der Waals surface area contributed by atoms with Crippen molar-refractivity contribution in [3.8, 4) is 12.1 Å². The zero-order valence-corrected chi connectivity index (χ0v) is 16.6. The van der Waals surface area contributed by atoms with Crippen LogP contribution in [0.5, 0.6) is 0 Å². The van der Waals surface area contributed by atoms with Crippen molar-refractivity contribution < 1.29 is 9.59 Å². The highest BCUT2D eigenvalue weighted by molar-refractivity contribution is 8.00. The lowest BCUT2D eigenvalue weighted by Crippen LogP contribution is -2.31. The Morgan fingerprint density at radius 1 is 1.14 bits per heavy atom. The van der Waals surface area contributed by atoms with Crippen molar-refractivity contribution in [3.63, 3.8) is 0 Å². The molecule has 2 aromatic rings. The minimum atomic E-state index is -0.725. The van der Waals surface area contributed by atoms with Gasteiger partial charge in [0, 0.05) is 11.4 Å². The minimum absolute atomic E-state index is 0.0165. The molecule has 2 heterocycles. The third-order valence-corrected chi connectivity index (χ3v) is 6.31. The number of aromatic nitrogens is 1. The van der Waals surface area contributed by atoms with E-state index < -0.39 is 5.25 Å². The number of anilines is 2. The monoisotopic (exact) mass is 423 g/mol. The maximum atomic E-state index is 12.9. The predicted octanol–water partition coefficient (Wildman–Crippen LogP) is 3.36. The van der Waals surface area contributed by atoms with Crippen molar-refractivity contribution in [3.05, 3.63) is 46.0 Å². The van der Waals surface area contributed by atoms with Crippen LogP contribution < -0.4 is 10.6 Å². The summed E-state index contributed by atoms with van der Waals surface area (Å²) in [4.78, 5) is 30.7. The molecule has 2 amide bonds. The molecule has 0 radical (unpaired) electrons. The number of halogens is 1. The molecular formula is C20H14ClN5O2S. The van der Waals surface area contributed by atoms with E-state index in [1.807, 2.05) is 6.07 Å². The second kappa shape index (κ2) is 7.40. The molecule has 1 saturated heterocycles. The van der Waals surface area contributed by atoms with E-state index in [0.29, 0.717) is 16.3 Å². The third-order valence-electron chi connectivity index (χ3n) is 4.88. The lowest BCUT2D eigenvalue weighted by atomic mass is 10.0. The van der Waals surface area contributed by atoms with Crippen LogP contribution in [0.15, 0.2) is 29.3 Å². The molecule has 2 aliphatic rings. The standard InChI is InChI=1S/C20H14ClN5O2S/c21-11-3-5-12(6-4-11)26-16(27)7-15(20(26)28)29-19-14(9-23)17(10-1-2-10)13(8-22)18(24)25-19/h3-6,10,15H,1-2,7H2,(H2,24,25). The number of nitrogens with zero attached hydrogens (tertiary/aromatic N) is 4. The van der Waals surface area contributed by atoms with Gasteiger partial charge in [-0.3, -0.25) is 9.59 Å². The van der Waals surface area contributed by atoms with Gasteiger partial charge in [-0.25, -0.2) is 9.88 Å². The fourth-order valence-electron chi connectivity index (χ4n) is 3.38. The van der Waals surface area contributed by atoms with Crippen LogP contribution in [0.3, 0.4) is 0 Å². The molecule has 2 N–H and O–H groups in total. The summed E-state index contributed by atoms with van der Waals surface area (Å²) in [6, 6.07) is 10.6. The fraction of sp³-hybridized carbons (Fsp3) is 0.250. The Hall–Kier alpha value is -3.07. The Balaban J connectivity index is 1.67. The molecule has 1 unspecified atom stereocenters. The Labute approximate surface area is 176 Å². The molecule has 0 spiro atoms. The van der Waals surface area contributed by atoms with Crippen LogP contribution in [0.4, 0.5) is 11.5 Å². The van der Waals surface area contributed by atoms with Crippen LogP contribution in [-0.2, 0) is 9.59 Å². The average Bonchev–Trinajstić information content (AvgIpc) is 3.49. The zero-order chi connectivity index (χ0) is 20.7. The molecule has 1 saturated carbocycles. The quantitative estimate of drug-likeness (QED) is 0.747. The molecule has 1 atom stereocenters. The topological polar surface area (TPSA) is 124 Å². The molecule has 29 heavy (non-hydrogen) atoms. The molecule has 1 aliphatic heterocycles. The third kappa shape index (κ3) is 3.42. The number of carbonyl (C=O) groups excluding carboxylic acids is 2. The first-order valence-electron chi connectivity index (χ1n) is 8.87. The number of hydrogen-bond donors (Lipinski definition) is 1. The molecule has 0 bridgehead atoms. The fourth-order valence-corrected chi connectivity index (χ4v) is 4.63. The molecule has 4 rings (SSSR count). The van der Waals surface area contributed by atoms with Crippen LogP contribution >= 0.6 is 23.4 Å². The van der Waals surface area contributed by atoms with Crippen molar-refractivity contribution in [2.45, 2.75) is 35.5 Å². The highest BCUT2D eigenvalue weighted by Gasteiger charge is 2.41. The lowest BCUT2D eigenvalue weighted by Gasteiger charge is -2.16. The minimum Gasteiger partial charge on any atom is -0.383 e. The summed E-state index contributed by atoms with van der Waals surface area (Å²) in [5.41, 5.74) is 7.51. The second-order valence-electron chi connectivity index (χ2n) is 6.82. The molecule has 1 aliphatic carbocycles. The Morgan fingerprint density at radius 2 is 1.79 bits per heavy atom. The van der Waals surface area contributed by atoms with Gasteiger partial charge in [-0.05, 0) is 48.6 Å². The second-order valence-corrected chi connectivity index (χ2v) is 8.45. The van der Waals surface area contributed by atoms with Crippen molar-refractivity contribution in [1.82, 2.24) is 4.98 Å². The van der Waals surface area contributed by atoms with Crippen LogP contribution in [-0.4, -0.2) is 22.0 Å². The molecule has 1 aromatic carbocycles. The van der Waals surface area contributed by atoms with Gasteiger partial charge in [-0.15, -0.1) is 0 Å². The molecule has 144 valence electrons.